The van der Waals surface area contributed by atoms with Gasteiger partial charge in [-0.25, -0.2) is 0 Å². The Balaban J connectivity index is 1.35. The summed E-state index contributed by atoms with van der Waals surface area (Å²) < 4.78 is 0.232. The lowest BCUT2D eigenvalue weighted by Crippen LogP contribution is -2.57. The van der Waals surface area contributed by atoms with E-state index < -0.39 is 16.2 Å². The number of thiocarbonyl (C=S) groups is 1. The molecule has 0 aromatic heterocycles. The minimum Gasteiger partial charge on any atom is -0.273 e. The molecule has 1 aromatic carbocycles. The molecule has 1 heterocycles. The van der Waals surface area contributed by atoms with E-state index in [1.54, 1.807) is 0 Å². The molecule has 162 valence electrons. The second-order valence-corrected chi connectivity index (χ2v) is 11.2. The molecular formula is C21H20ClN3O4S2. The lowest BCUT2D eigenvalue weighted by atomic mass is 9.49. The Kier molecular flexibility index (Phi) is 5.10. The highest BCUT2D eigenvalue weighted by molar-refractivity contribution is 8.26. The SMILES string of the molecule is O=C1/C(=C/c2cc([N+](=O)[O-])ccc2Cl)SC(=S)N1NC(=O)C12CC3CC(CC(C3)C1)C2. The van der Waals surface area contributed by atoms with E-state index in [2.05, 4.69) is 5.43 Å². The first-order valence-electron chi connectivity index (χ1n) is 10.3. The van der Waals surface area contributed by atoms with Gasteiger partial charge in [0.1, 0.15) is 0 Å². The Labute approximate surface area is 193 Å². The Bertz CT molecular complexity index is 1020. The molecule has 4 saturated carbocycles. The van der Waals surface area contributed by atoms with Gasteiger partial charge in [-0.05, 0) is 80.6 Å². The Morgan fingerprint density at radius 2 is 1.87 bits per heavy atom. The summed E-state index contributed by atoms with van der Waals surface area (Å²) in [4.78, 5) is 37.0. The van der Waals surface area contributed by atoms with Crippen molar-refractivity contribution in [2.24, 2.45) is 23.2 Å². The van der Waals surface area contributed by atoms with Crippen molar-refractivity contribution < 1.29 is 14.5 Å². The van der Waals surface area contributed by atoms with Gasteiger partial charge in [0, 0.05) is 22.7 Å². The summed E-state index contributed by atoms with van der Waals surface area (Å²) in [6, 6.07) is 4.03. The number of hydrogen-bond donors (Lipinski definition) is 1. The molecule has 0 radical (unpaired) electrons. The van der Waals surface area contributed by atoms with Crippen molar-refractivity contribution in [3.8, 4) is 0 Å². The number of nitrogens with zero attached hydrogens (tertiary/aromatic N) is 2. The van der Waals surface area contributed by atoms with Crippen LogP contribution in [0.5, 0.6) is 0 Å². The third kappa shape index (κ3) is 3.66. The summed E-state index contributed by atoms with van der Waals surface area (Å²) in [6.45, 7) is 0. The summed E-state index contributed by atoms with van der Waals surface area (Å²) in [6.07, 6.45) is 7.81. The van der Waals surface area contributed by atoms with Crippen molar-refractivity contribution >= 4 is 63.5 Å². The maximum absolute atomic E-state index is 13.3. The molecule has 6 rings (SSSR count). The third-order valence-corrected chi connectivity index (χ3v) is 8.65. The van der Waals surface area contributed by atoms with Gasteiger partial charge in [0.05, 0.1) is 15.2 Å². The molecule has 1 aromatic rings. The molecule has 10 heteroatoms. The van der Waals surface area contributed by atoms with E-state index in [0.717, 1.165) is 36.0 Å². The lowest BCUT2D eigenvalue weighted by molar-refractivity contribution is -0.384. The van der Waals surface area contributed by atoms with Crippen LogP contribution in [0, 0.1) is 33.3 Å². The fraction of sp³-hybridized carbons (Fsp3) is 0.476. The number of thioether (sulfide) groups is 1. The standard InChI is InChI=1S/C21H20ClN3O4S2/c22-16-2-1-15(25(28)29)6-14(16)7-17-18(26)24(20(30)31-17)23-19(27)21-8-11-3-12(9-21)5-13(4-11)10-21/h1-2,6-7,11-13H,3-5,8-10H2,(H,23,27)/b17-7-. The number of hydrogen-bond acceptors (Lipinski definition) is 6. The quantitative estimate of drug-likeness (QED) is 0.292. The molecule has 0 atom stereocenters. The lowest BCUT2D eigenvalue weighted by Gasteiger charge is -2.55. The van der Waals surface area contributed by atoms with Crippen LogP contribution in [0.25, 0.3) is 6.08 Å². The van der Waals surface area contributed by atoms with Gasteiger partial charge in [0.2, 0.25) is 5.91 Å². The molecule has 0 unspecified atom stereocenters. The van der Waals surface area contributed by atoms with Crippen molar-refractivity contribution in [1.29, 1.82) is 0 Å². The smallest absolute Gasteiger partial charge is 0.273 e. The monoisotopic (exact) mass is 477 g/mol. The molecule has 1 N–H and O–H groups in total. The van der Waals surface area contributed by atoms with Gasteiger partial charge in [-0.2, -0.15) is 5.01 Å². The van der Waals surface area contributed by atoms with Crippen LogP contribution < -0.4 is 5.43 Å². The maximum Gasteiger partial charge on any atom is 0.285 e. The van der Waals surface area contributed by atoms with E-state index in [4.69, 9.17) is 23.8 Å². The van der Waals surface area contributed by atoms with Crippen LogP contribution in [-0.4, -0.2) is 26.1 Å². The molecular weight excluding hydrogens is 458 g/mol. The molecule has 5 aliphatic rings. The molecule has 31 heavy (non-hydrogen) atoms. The van der Waals surface area contributed by atoms with Crippen LogP contribution in [0.4, 0.5) is 5.69 Å². The first kappa shape index (κ1) is 20.9. The van der Waals surface area contributed by atoms with E-state index in [9.17, 15) is 19.7 Å². The number of hydrazine groups is 1. The first-order valence-corrected chi connectivity index (χ1v) is 11.9. The van der Waals surface area contributed by atoms with Crippen molar-refractivity contribution in [3.05, 3.63) is 43.8 Å². The molecule has 0 spiro atoms. The van der Waals surface area contributed by atoms with Gasteiger partial charge in [-0.1, -0.05) is 23.4 Å². The predicted octanol–water partition coefficient (Wildman–Crippen LogP) is 4.70. The Hall–Kier alpha value is -1.97. The predicted molar refractivity (Wildman–Crippen MR) is 122 cm³/mol. The summed E-state index contributed by atoms with van der Waals surface area (Å²) in [5.74, 6) is 1.27. The minimum atomic E-state index is -0.523. The largest absolute Gasteiger partial charge is 0.285 e. The van der Waals surface area contributed by atoms with Gasteiger partial charge in [-0.3, -0.25) is 25.1 Å². The molecule has 1 aliphatic heterocycles. The number of nitro benzene ring substituents is 1. The van der Waals surface area contributed by atoms with E-state index in [1.165, 1.54) is 43.5 Å². The number of nitrogens with one attached hydrogen (secondary N) is 1. The topological polar surface area (TPSA) is 92.5 Å². The van der Waals surface area contributed by atoms with Crippen molar-refractivity contribution in [2.75, 3.05) is 0 Å². The number of halogens is 1. The van der Waals surface area contributed by atoms with Crippen LogP contribution >= 0.6 is 35.6 Å². The third-order valence-electron chi connectivity index (χ3n) is 7.00. The zero-order valence-corrected chi connectivity index (χ0v) is 18.9. The second-order valence-electron chi connectivity index (χ2n) is 9.12. The molecule has 4 aliphatic carbocycles. The maximum atomic E-state index is 13.3. The van der Waals surface area contributed by atoms with E-state index in [1.807, 2.05) is 0 Å². The average Bonchev–Trinajstić information content (AvgIpc) is 2.96. The van der Waals surface area contributed by atoms with Crippen LogP contribution in [0.1, 0.15) is 44.1 Å². The van der Waals surface area contributed by atoms with Gasteiger partial charge >= 0.3 is 0 Å². The molecule has 5 fully saturated rings. The second kappa shape index (κ2) is 7.56. The number of carbonyl (C=O) groups excluding carboxylic acids is 2. The van der Waals surface area contributed by atoms with Crippen LogP contribution in [0.3, 0.4) is 0 Å². The average molecular weight is 478 g/mol. The van der Waals surface area contributed by atoms with Gasteiger partial charge in [0.25, 0.3) is 11.6 Å². The van der Waals surface area contributed by atoms with Crippen molar-refractivity contribution in [3.63, 3.8) is 0 Å². The molecule has 7 nitrogen and oxygen atoms in total. The summed E-state index contributed by atoms with van der Waals surface area (Å²) in [7, 11) is 0. The number of nitro groups is 1. The zero-order chi connectivity index (χ0) is 21.9. The minimum absolute atomic E-state index is 0.113. The van der Waals surface area contributed by atoms with Crippen molar-refractivity contribution in [2.45, 2.75) is 38.5 Å². The zero-order valence-electron chi connectivity index (χ0n) is 16.5. The molecule has 4 bridgehead atoms. The summed E-state index contributed by atoms with van der Waals surface area (Å²) >= 11 is 12.5. The van der Waals surface area contributed by atoms with E-state index in [0.29, 0.717) is 23.3 Å². The van der Waals surface area contributed by atoms with Gasteiger partial charge in [-0.15, -0.1) is 0 Å². The highest BCUT2D eigenvalue weighted by Gasteiger charge is 2.55. The van der Waals surface area contributed by atoms with Crippen LogP contribution in [0.15, 0.2) is 23.1 Å². The number of benzene rings is 1. The Morgan fingerprint density at radius 3 is 2.45 bits per heavy atom. The van der Waals surface area contributed by atoms with Gasteiger partial charge in [0.15, 0.2) is 4.32 Å². The van der Waals surface area contributed by atoms with E-state index in [-0.39, 0.29) is 25.8 Å². The molecule has 2 amide bonds. The highest BCUT2D eigenvalue weighted by atomic mass is 35.5. The highest BCUT2D eigenvalue weighted by Crippen LogP contribution is 2.60. The fourth-order valence-electron chi connectivity index (χ4n) is 6.07. The Morgan fingerprint density at radius 1 is 1.26 bits per heavy atom. The number of carbonyl (C=O) groups is 2. The normalized spacial score (nSPS) is 32.7. The fourth-order valence-corrected chi connectivity index (χ4v) is 7.41. The number of non-ortho nitro benzene ring substituents is 1. The van der Waals surface area contributed by atoms with Crippen LogP contribution in [-0.2, 0) is 9.59 Å². The summed E-state index contributed by atoms with van der Waals surface area (Å²) in [5, 5.41) is 12.5. The number of amides is 2. The summed E-state index contributed by atoms with van der Waals surface area (Å²) in [5.41, 5.74) is 2.63. The first-order chi connectivity index (χ1) is 14.7. The van der Waals surface area contributed by atoms with E-state index >= 15 is 0 Å². The van der Waals surface area contributed by atoms with Crippen LogP contribution in [0.2, 0.25) is 5.02 Å². The number of rotatable bonds is 4. The van der Waals surface area contributed by atoms with Crippen molar-refractivity contribution in [1.82, 2.24) is 10.4 Å². The molecule has 1 saturated heterocycles. The van der Waals surface area contributed by atoms with Gasteiger partial charge < -0.3 is 0 Å².